The van der Waals surface area contributed by atoms with E-state index in [1.165, 1.54) is 20.4 Å². The normalized spacial score (nSPS) is 18.3. The second-order valence-electron chi connectivity index (χ2n) is 8.22. The molecule has 3 aromatic rings. The summed E-state index contributed by atoms with van der Waals surface area (Å²) in [6.07, 6.45) is 3.81. The number of hydrogen-bond acceptors (Lipinski definition) is 9. The van der Waals surface area contributed by atoms with Gasteiger partial charge in [0.2, 0.25) is 0 Å². The minimum Gasteiger partial charge on any atom is -0.497 e. The van der Waals surface area contributed by atoms with Crippen LogP contribution in [0.5, 0.6) is 11.5 Å². The lowest BCUT2D eigenvalue weighted by atomic mass is 10.1. The minimum absolute atomic E-state index is 0.0304. The van der Waals surface area contributed by atoms with Gasteiger partial charge in [0.15, 0.2) is 0 Å². The maximum Gasteiger partial charge on any atom is 0.338 e. The summed E-state index contributed by atoms with van der Waals surface area (Å²) in [5.74, 6) is 2.07. The standard InChI is InChI=1S/C27H24N2O9/c1-4-16-14-29(27(33)28-24(16)30)23-13-21(38-26(32)18-7-11-20(35-3)12-8-18)22(37-23)15-36-25(31)17-5-9-19(34-2)10-6-17/h1,5-12,14,21-23H,13,15H2,2-3H3,(H,28,30,33)/t21-,22+,23+/m0/s1. The molecule has 1 aromatic heterocycles. The second-order valence-corrected chi connectivity index (χ2v) is 8.22. The van der Waals surface area contributed by atoms with Gasteiger partial charge in [-0.15, -0.1) is 6.42 Å². The monoisotopic (exact) mass is 520 g/mol. The van der Waals surface area contributed by atoms with E-state index >= 15 is 0 Å². The zero-order valence-electron chi connectivity index (χ0n) is 20.5. The molecule has 1 aliphatic heterocycles. The number of methoxy groups -OCH3 is 2. The SMILES string of the molecule is C#Cc1cn([C@H]2C[C@H](OC(=O)c3ccc(OC)cc3)[C@@H](COC(=O)c3ccc(OC)cc3)O2)c(=O)[nH]c1=O. The summed E-state index contributed by atoms with van der Waals surface area (Å²) >= 11 is 0. The van der Waals surface area contributed by atoms with Crippen molar-refractivity contribution in [2.24, 2.45) is 0 Å². The van der Waals surface area contributed by atoms with Crippen LogP contribution in [0.2, 0.25) is 0 Å². The maximum atomic E-state index is 12.8. The van der Waals surface area contributed by atoms with E-state index < -0.39 is 41.6 Å². The van der Waals surface area contributed by atoms with Crippen LogP contribution in [-0.2, 0) is 14.2 Å². The molecule has 0 saturated carbocycles. The summed E-state index contributed by atoms with van der Waals surface area (Å²) in [5.41, 5.74) is -0.995. The molecule has 0 spiro atoms. The van der Waals surface area contributed by atoms with Crippen molar-refractivity contribution in [2.45, 2.75) is 24.9 Å². The third kappa shape index (κ3) is 5.77. The summed E-state index contributed by atoms with van der Waals surface area (Å²) in [6.45, 7) is -0.276. The highest BCUT2D eigenvalue weighted by Gasteiger charge is 2.40. The van der Waals surface area contributed by atoms with Crippen LogP contribution < -0.4 is 20.7 Å². The summed E-state index contributed by atoms with van der Waals surface area (Å²) < 4.78 is 28.4. The van der Waals surface area contributed by atoms with E-state index in [1.54, 1.807) is 48.5 Å². The third-order valence-electron chi connectivity index (χ3n) is 5.90. The van der Waals surface area contributed by atoms with Crippen LogP contribution in [0.4, 0.5) is 0 Å². The average molecular weight is 520 g/mol. The first-order valence-corrected chi connectivity index (χ1v) is 11.5. The number of rotatable bonds is 8. The van der Waals surface area contributed by atoms with E-state index in [1.807, 2.05) is 0 Å². The topological polar surface area (TPSA) is 135 Å². The highest BCUT2D eigenvalue weighted by atomic mass is 16.6. The van der Waals surface area contributed by atoms with Crippen LogP contribution in [0, 0.1) is 12.3 Å². The zero-order chi connectivity index (χ0) is 27.2. The van der Waals surface area contributed by atoms with Gasteiger partial charge in [-0.25, -0.2) is 14.4 Å². The van der Waals surface area contributed by atoms with Crippen molar-refractivity contribution in [3.63, 3.8) is 0 Å². The van der Waals surface area contributed by atoms with Crippen molar-refractivity contribution in [1.29, 1.82) is 0 Å². The van der Waals surface area contributed by atoms with E-state index in [4.69, 9.17) is 30.1 Å². The molecular formula is C27H24N2O9. The smallest absolute Gasteiger partial charge is 0.338 e. The number of aromatic nitrogens is 2. The van der Waals surface area contributed by atoms with Crippen LogP contribution >= 0.6 is 0 Å². The lowest BCUT2D eigenvalue weighted by molar-refractivity contribution is -0.0582. The maximum absolute atomic E-state index is 12.8. The molecule has 0 radical (unpaired) electrons. The lowest BCUT2D eigenvalue weighted by Gasteiger charge is -2.19. The zero-order valence-corrected chi connectivity index (χ0v) is 20.5. The van der Waals surface area contributed by atoms with Gasteiger partial charge in [-0.1, -0.05) is 5.92 Å². The quantitative estimate of drug-likeness (QED) is 0.349. The van der Waals surface area contributed by atoms with Crippen molar-refractivity contribution in [3.05, 3.63) is 92.3 Å². The molecule has 0 unspecified atom stereocenters. The van der Waals surface area contributed by atoms with Crippen molar-refractivity contribution in [3.8, 4) is 23.8 Å². The number of carbonyl (C=O) groups is 2. The van der Waals surface area contributed by atoms with Gasteiger partial charge in [-0.3, -0.25) is 14.3 Å². The number of aromatic amines is 1. The van der Waals surface area contributed by atoms with E-state index in [9.17, 15) is 19.2 Å². The van der Waals surface area contributed by atoms with Crippen LogP contribution in [0.25, 0.3) is 0 Å². The molecule has 38 heavy (non-hydrogen) atoms. The molecule has 3 atom stereocenters. The number of terminal acetylenes is 1. The summed E-state index contributed by atoms with van der Waals surface area (Å²) in [6, 6.07) is 12.6. The van der Waals surface area contributed by atoms with Crippen molar-refractivity contribution in [1.82, 2.24) is 9.55 Å². The molecule has 196 valence electrons. The molecule has 1 fully saturated rings. The Bertz CT molecular complexity index is 1470. The van der Waals surface area contributed by atoms with Gasteiger partial charge in [0, 0.05) is 12.6 Å². The van der Waals surface area contributed by atoms with Crippen molar-refractivity contribution >= 4 is 11.9 Å². The van der Waals surface area contributed by atoms with Gasteiger partial charge in [-0.2, -0.15) is 0 Å². The van der Waals surface area contributed by atoms with Crippen LogP contribution in [0.3, 0.4) is 0 Å². The molecule has 0 aliphatic carbocycles. The van der Waals surface area contributed by atoms with Crippen molar-refractivity contribution < 1.29 is 33.3 Å². The van der Waals surface area contributed by atoms with E-state index in [0.717, 1.165) is 4.57 Å². The number of nitrogens with one attached hydrogen (secondary N) is 1. The van der Waals surface area contributed by atoms with Crippen LogP contribution in [0.1, 0.15) is 38.9 Å². The number of hydrogen-bond donors (Lipinski definition) is 1. The Labute approximate surface area is 216 Å². The number of benzene rings is 2. The van der Waals surface area contributed by atoms with Gasteiger partial charge in [0.1, 0.15) is 42.1 Å². The fourth-order valence-electron chi connectivity index (χ4n) is 3.85. The van der Waals surface area contributed by atoms with Crippen LogP contribution in [0.15, 0.2) is 64.3 Å². The van der Waals surface area contributed by atoms with Crippen molar-refractivity contribution in [2.75, 3.05) is 20.8 Å². The van der Waals surface area contributed by atoms with Gasteiger partial charge in [0.05, 0.1) is 25.3 Å². The molecular weight excluding hydrogens is 496 g/mol. The fourth-order valence-corrected chi connectivity index (χ4v) is 3.85. The molecule has 1 saturated heterocycles. The Morgan fingerprint density at radius 3 is 2.13 bits per heavy atom. The molecule has 11 nitrogen and oxygen atoms in total. The lowest BCUT2D eigenvalue weighted by Crippen LogP contribution is -2.34. The molecule has 0 amide bonds. The molecule has 11 heteroatoms. The van der Waals surface area contributed by atoms with Gasteiger partial charge < -0.3 is 23.7 Å². The molecule has 2 aromatic carbocycles. The molecule has 1 aliphatic rings. The summed E-state index contributed by atoms with van der Waals surface area (Å²) in [4.78, 5) is 51.9. The van der Waals surface area contributed by atoms with Gasteiger partial charge in [0.25, 0.3) is 5.56 Å². The fraction of sp³-hybridized carbons (Fsp3) is 0.259. The number of ether oxygens (including phenoxy) is 5. The van der Waals surface area contributed by atoms with Gasteiger partial charge in [-0.05, 0) is 48.5 Å². The predicted octanol–water partition coefficient (Wildman–Crippen LogP) is 1.91. The third-order valence-corrected chi connectivity index (χ3v) is 5.90. The Hall–Kier alpha value is -4.82. The number of esters is 2. The Balaban J connectivity index is 1.54. The largest absolute Gasteiger partial charge is 0.497 e. The predicted molar refractivity (Wildman–Crippen MR) is 133 cm³/mol. The van der Waals surface area contributed by atoms with Gasteiger partial charge >= 0.3 is 17.6 Å². The number of nitrogens with zero attached hydrogens (tertiary/aromatic N) is 1. The number of carbonyl (C=O) groups excluding carboxylic acids is 2. The number of H-pyrrole nitrogens is 1. The van der Waals surface area contributed by atoms with E-state index in [0.29, 0.717) is 11.5 Å². The Morgan fingerprint density at radius 2 is 1.58 bits per heavy atom. The second kappa shape index (κ2) is 11.5. The summed E-state index contributed by atoms with van der Waals surface area (Å²) in [5, 5.41) is 0. The van der Waals surface area contributed by atoms with E-state index in [2.05, 4.69) is 10.9 Å². The summed E-state index contributed by atoms with van der Waals surface area (Å²) in [7, 11) is 3.01. The molecule has 1 N–H and O–H groups in total. The molecule has 4 rings (SSSR count). The average Bonchev–Trinajstić information content (AvgIpc) is 3.33. The van der Waals surface area contributed by atoms with E-state index in [-0.39, 0.29) is 29.7 Å². The molecule has 2 heterocycles. The Kier molecular flexibility index (Phi) is 7.94. The highest BCUT2D eigenvalue weighted by Crippen LogP contribution is 2.31. The first-order valence-electron chi connectivity index (χ1n) is 11.5. The first kappa shape index (κ1) is 26.2. The highest BCUT2D eigenvalue weighted by molar-refractivity contribution is 5.90. The Morgan fingerprint density at radius 1 is 1.00 bits per heavy atom. The first-order chi connectivity index (χ1) is 18.3. The molecule has 0 bridgehead atoms. The minimum atomic E-state index is -0.954. The van der Waals surface area contributed by atoms with Crippen LogP contribution in [-0.4, -0.2) is 54.5 Å².